The largest absolute Gasteiger partial charge is 0.515 e. The van der Waals surface area contributed by atoms with Crippen LogP contribution in [0, 0.1) is 0 Å². The van der Waals surface area contributed by atoms with Gasteiger partial charge in [-0.25, -0.2) is 4.79 Å². The van der Waals surface area contributed by atoms with Crippen LogP contribution in [0.5, 0.6) is 11.6 Å². The van der Waals surface area contributed by atoms with Gasteiger partial charge in [0, 0.05) is 16.5 Å². The Morgan fingerprint density at radius 1 is 1.26 bits per heavy atom. The topological polar surface area (TPSA) is 60.5 Å². The van der Waals surface area contributed by atoms with Crippen molar-refractivity contribution in [3.63, 3.8) is 0 Å². The van der Waals surface area contributed by atoms with Crippen molar-refractivity contribution >= 4 is 37.8 Å². The third-order valence-corrected chi connectivity index (χ3v) is 5.90. The Kier molecular flexibility index (Phi) is 3.79. The van der Waals surface area contributed by atoms with Crippen LogP contribution in [0.1, 0.15) is 12.5 Å². The monoisotopic (exact) mass is 379 g/mol. The third kappa shape index (κ3) is 2.64. The lowest BCUT2D eigenvalue weighted by Gasteiger charge is -2.07. The Bertz CT molecular complexity index is 1170. The number of carbonyl (C=O) groups is 1. The highest BCUT2D eigenvalue weighted by atomic mass is 32.1. The summed E-state index contributed by atoms with van der Waals surface area (Å²) in [4.78, 5) is 15.3. The first-order valence-corrected chi connectivity index (χ1v) is 9.70. The second kappa shape index (κ2) is 6.32. The van der Waals surface area contributed by atoms with E-state index in [1.54, 1.807) is 18.3 Å². The van der Waals surface area contributed by atoms with E-state index in [2.05, 4.69) is 23.2 Å². The van der Waals surface area contributed by atoms with Crippen LogP contribution >= 0.6 is 11.3 Å². The summed E-state index contributed by atoms with van der Waals surface area (Å²) in [5.74, 6) is 1.34. The molecule has 2 aromatic carbocycles. The number of benzene rings is 2. The van der Waals surface area contributed by atoms with E-state index in [1.165, 1.54) is 10.3 Å². The van der Waals surface area contributed by atoms with Crippen molar-refractivity contribution in [1.82, 2.24) is 4.98 Å². The Labute approximate surface area is 159 Å². The molecule has 3 heterocycles. The zero-order valence-corrected chi connectivity index (χ0v) is 15.5. The summed E-state index contributed by atoms with van der Waals surface area (Å²) in [6.45, 7) is 2.72. The van der Waals surface area contributed by atoms with Gasteiger partial charge in [0.15, 0.2) is 0 Å². The molecule has 5 nitrogen and oxygen atoms in total. The van der Waals surface area contributed by atoms with Crippen molar-refractivity contribution in [3.8, 4) is 22.8 Å². The van der Waals surface area contributed by atoms with Crippen LogP contribution in [-0.2, 0) is 11.2 Å². The van der Waals surface area contributed by atoms with Gasteiger partial charge in [0.2, 0.25) is 5.88 Å². The minimum absolute atomic E-state index is 0.266. The highest BCUT2D eigenvalue weighted by molar-refractivity contribution is 7.26. The molecule has 4 aromatic rings. The van der Waals surface area contributed by atoms with Gasteiger partial charge < -0.3 is 19.2 Å². The fourth-order valence-electron chi connectivity index (χ4n) is 3.54. The standard InChI is InChI=1S/C21H17NO4S/c1-2-24-21(23)26-20-17(13-7-8-15-12(11-13)9-10-25-15)19-18(22-20)14-5-3-4-6-16(14)27-19/h3-8,11,22H,2,9-10H2,1H3. The SMILES string of the molecule is CCOC(=O)Oc1[nH]c2c(sc3ccccc32)c1-c1ccc2c(c1)CCO2. The Balaban J connectivity index is 1.72. The number of nitrogens with one attached hydrogen (secondary N) is 1. The molecule has 1 aliphatic heterocycles. The zero-order valence-electron chi connectivity index (χ0n) is 14.7. The van der Waals surface area contributed by atoms with Crippen molar-refractivity contribution in [2.24, 2.45) is 0 Å². The van der Waals surface area contributed by atoms with E-state index in [4.69, 9.17) is 14.2 Å². The average Bonchev–Trinajstić information content (AvgIpc) is 3.34. The summed E-state index contributed by atoms with van der Waals surface area (Å²) in [6, 6.07) is 14.3. The molecule has 0 saturated heterocycles. The molecule has 0 radical (unpaired) electrons. The van der Waals surface area contributed by atoms with E-state index in [0.29, 0.717) is 12.5 Å². The van der Waals surface area contributed by atoms with Gasteiger partial charge in [-0.15, -0.1) is 11.3 Å². The fraction of sp³-hybridized carbons (Fsp3) is 0.190. The van der Waals surface area contributed by atoms with Crippen LogP contribution in [0.15, 0.2) is 42.5 Å². The molecule has 0 fully saturated rings. The number of aromatic amines is 1. The van der Waals surface area contributed by atoms with Gasteiger partial charge >= 0.3 is 6.16 Å². The number of aromatic nitrogens is 1. The molecule has 2 aromatic heterocycles. The normalized spacial score (nSPS) is 12.9. The first-order chi connectivity index (χ1) is 13.2. The lowest BCUT2D eigenvalue weighted by atomic mass is 10.0. The molecule has 136 valence electrons. The fourth-order valence-corrected chi connectivity index (χ4v) is 4.76. The highest BCUT2D eigenvalue weighted by Gasteiger charge is 2.23. The summed E-state index contributed by atoms with van der Waals surface area (Å²) in [5.41, 5.74) is 4.03. The maximum Gasteiger partial charge on any atom is 0.515 e. The van der Waals surface area contributed by atoms with Crippen molar-refractivity contribution in [1.29, 1.82) is 0 Å². The molecule has 0 amide bonds. The van der Waals surface area contributed by atoms with Gasteiger partial charge in [0.1, 0.15) is 5.75 Å². The number of fused-ring (bicyclic) bond motifs is 4. The van der Waals surface area contributed by atoms with E-state index >= 15 is 0 Å². The predicted molar refractivity (Wildman–Crippen MR) is 106 cm³/mol. The average molecular weight is 379 g/mol. The molecule has 1 aliphatic rings. The predicted octanol–water partition coefficient (Wildman–Crippen LogP) is 5.52. The maximum absolute atomic E-state index is 12.0. The zero-order chi connectivity index (χ0) is 18.4. The van der Waals surface area contributed by atoms with Gasteiger partial charge in [0.05, 0.1) is 29.0 Å². The van der Waals surface area contributed by atoms with Crippen LogP contribution in [-0.4, -0.2) is 24.4 Å². The van der Waals surface area contributed by atoms with E-state index < -0.39 is 6.16 Å². The van der Waals surface area contributed by atoms with Crippen molar-refractivity contribution in [3.05, 3.63) is 48.0 Å². The number of rotatable bonds is 3. The first-order valence-electron chi connectivity index (χ1n) is 8.88. The molecule has 27 heavy (non-hydrogen) atoms. The van der Waals surface area contributed by atoms with E-state index in [1.807, 2.05) is 24.3 Å². The molecule has 0 unspecified atom stereocenters. The second-order valence-corrected chi connectivity index (χ2v) is 7.39. The van der Waals surface area contributed by atoms with E-state index in [9.17, 15) is 4.79 Å². The van der Waals surface area contributed by atoms with Crippen LogP contribution in [0.25, 0.3) is 31.4 Å². The first kappa shape index (κ1) is 16.2. The van der Waals surface area contributed by atoms with Crippen LogP contribution in [0.2, 0.25) is 0 Å². The van der Waals surface area contributed by atoms with E-state index in [0.717, 1.165) is 38.9 Å². The molecule has 0 saturated carbocycles. The smallest absolute Gasteiger partial charge is 0.493 e. The minimum atomic E-state index is -0.707. The van der Waals surface area contributed by atoms with Crippen LogP contribution < -0.4 is 9.47 Å². The third-order valence-electron chi connectivity index (χ3n) is 4.71. The van der Waals surface area contributed by atoms with Crippen molar-refractivity contribution in [2.75, 3.05) is 13.2 Å². The summed E-state index contributed by atoms with van der Waals surface area (Å²) in [5, 5.41) is 1.11. The number of hydrogen-bond acceptors (Lipinski definition) is 5. The number of hydrogen-bond donors (Lipinski definition) is 1. The maximum atomic E-state index is 12.0. The molecule has 0 aliphatic carbocycles. The molecule has 1 N–H and O–H groups in total. The number of carbonyl (C=O) groups excluding carboxylic acids is 1. The molecular weight excluding hydrogens is 362 g/mol. The number of ether oxygens (including phenoxy) is 3. The van der Waals surface area contributed by atoms with Gasteiger partial charge in [0.25, 0.3) is 0 Å². The highest BCUT2D eigenvalue weighted by Crippen LogP contribution is 2.46. The second-order valence-electron chi connectivity index (χ2n) is 6.34. The molecule has 0 bridgehead atoms. The molecule has 0 atom stereocenters. The molecular formula is C21H17NO4S. The lowest BCUT2D eigenvalue weighted by molar-refractivity contribution is 0.103. The summed E-state index contributed by atoms with van der Waals surface area (Å²) in [6.07, 6.45) is 0.179. The summed E-state index contributed by atoms with van der Waals surface area (Å²) >= 11 is 1.68. The minimum Gasteiger partial charge on any atom is -0.493 e. The molecule has 6 heteroatoms. The quantitative estimate of drug-likeness (QED) is 0.476. The van der Waals surface area contributed by atoms with Crippen molar-refractivity contribution in [2.45, 2.75) is 13.3 Å². The Morgan fingerprint density at radius 2 is 2.15 bits per heavy atom. The van der Waals surface area contributed by atoms with Gasteiger partial charge in [-0.3, -0.25) is 0 Å². The van der Waals surface area contributed by atoms with Gasteiger partial charge in [-0.1, -0.05) is 24.3 Å². The van der Waals surface area contributed by atoms with E-state index in [-0.39, 0.29) is 6.61 Å². The van der Waals surface area contributed by atoms with Crippen LogP contribution in [0.4, 0.5) is 4.79 Å². The molecule has 0 spiro atoms. The summed E-state index contributed by atoms with van der Waals surface area (Å²) < 4.78 is 18.4. The van der Waals surface area contributed by atoms with Crippen molar-refractivity contribution < 1.29 is 19.0 Å². The van der Waals surface area contributed by atoms with Gasteiger partial charge in [-0.05, 0) is 36.2 Å². The Hall–Kier alpha value is -2.99. The number of H-pyrrole nitrogens is 1. The van der Waals surface area contributed by atoms with Gasteiger partial charge in [-0.2, -0.15) is 0 Å². The lowest BCUT2D eigenvalue weighted by Crippen LogP contribution is -2.10. The Morgan fingerprint density at radius 3 is 3.04 bits per heavy atom. The summed E-state index contributed by atoms with van der Waals surface area (Å²) in [7, 11) is 0. The molecule has 5 rings (SSSR count). The van der Waals surface area contributed by atoms with Crippen LogP contribution in [0.3, 0.4) is 0 Å². The number of thiophene rings is 1.